The Balaban J connectivity index is 3.30. The number of likely N-dealkylation sites (N-methyl/N-ethyl adjacent to an activating group) is 1. The first-order chi connectivity index (χ1) is 5.70. The smallest absolute Gasteiger partial charge is 0.0644 e. The van der Waals surface area contributed by atoms with Crippen molar-refractivity contribution < 1.29 is 4.74 Å². The minimum absolute atomic E-state index is 0.393. The van der Waals surface area contributed by atoms with Gasteiger partial charge in [0.05, 0.1) is 12.7 Å². The molecule has 0 radical (unpaired) electrons. The predicted octanol–water partition coefficient (Wildman–Crippen LogP) is 2.27. The van der Waals surface area contributed by atoms with Crippen LogP contribution in [0.3, 0.4) is 0 Å². The quantitative estimate of drug-likeness (QED) is 0.608. The van der Waals surface area contributed by atoms with Gasteiger partial charge in [0.2, 0.25) is 0 Å². The molecule has 1 atom stereocenters. The van der Waals surface area contributed by atoms with E-state index in [9.17, 15) is 0 Å². The summed E-state index contributed by atoms with van der Waals surface area (Å²) in [6, 6.07) is 0. The molecule has 0 aliphatic heterocycles. The van der Waals surface area contributed by atoms with Crippen LogP contribution < -0.4 is 0 Å². The van der Waals surface area contributed by atoms with Crippen LogP contribution in [0.5, 0.6) is 0 Å². The average molecular weight is 171 g/mol. The third-order valence-electron chi connectivity index (χ3n) is 1.82. The first-order valence-electron chi connectivity index (χ1n) is 4.65. The highest BCUT2D eigenvalue weighted by atomic mass is 16.5. The topological polar surface area (TPSA) is 12.5 Å². The molecule has 0 rings (SSSR count). The minimum Gasteiger partial charge on any atom is -0.378 e. The fraction of sp³-hybridized carbons (Fsp3) is 0.800. The maximum absolute atomic E-state index is 5.53. The van der Waals surface area contributed by atoms with Crippen molar-refractivity contribution in [2.45, 2.75) is 33.3 Å². The van der Waals surface area contributed by atoms with E-state index in [1.165, 1.54) is 0 Å². The molecule has 0 aromatic heterocycles. The van der Waals surface area contributed by atoms with E-state index >= 15 is 0 Å². The SMILES string of the molecule is CC=CN(C)CCOC(C)CC. The molecule has 0 aromatic rings. The second kappa shape index (κ2) is 7.17. The molecule has 0 N–H and O–H groups in total. The molecule has 0 amide bonds. The van der Waals surface area contributed by atoms with Gasteiger partial charge in [0.1, 0.15) is 0 Å². The lowest BCUT2D eigenvalue weighted by Gasteiger charge is -2.16. The van der Waals surface area contributed by atoms with Crippen molar-refractivity contribution in [2.24, 2.45) is 0 Å². The molecular weight excluding hydrogens is 150 g/mol. The first-order valence-corrected chi connectivity index (χ1v) is 4.65. The van der Waals surface area contributed by atoms with E-state index in [0.717, 1.165) is 19.6 Å². The van der Waals surface area contributed by atoms with Gasteiger partial charge >= 0.3 is 0 Å². The third kappa shape index (κ3) is 6.23. The molecule has 1 unspecified atom stereocenters. The van der Waals surface area contributed by atoms with Gasteiger partial charge in [0.15, 0.2) is 0 Å². The summed E-state index contributed by atoms with van der Waals surface area (Å²) in [5.41, 5.74) is 0. The highest BCUT2D eigenvalue weighted by molar-refractivity contribution is 4.75. The summed E-state index contributed by atoms with van der Waals surface area (Å²) >= 11 is 0. The second-order valence-electron chi connectivity index (χ2n) is 3.05. The lowest BCUT2D eigenvalue weighted by molar-refractivity contribution is 0.0561. The van der Waals surface area contributed by atoms with Crippen molar-refractivity contribution in [2.75, 3.05) is 20.2 Å². The first kappa shape index (κ1) is 11.5. The molecule has 0 aliphatic carbocycles. The Morgan fingerprint density at radius 2 is 2.17 bits per heavy atom. The van der Waals surface area contributed by atoms with Crippen LogP contribution in [0.1, 0.15) is 27.2 Å². The Morgan fingerprint density at radius 1 is 1.50 bits per heavy atom. The average Bonchev–Trinajstić information content (AvgIpc) is 2.04. The van der Waals surface area contributed by atoms with Crippen LogP contribution in [-0.4, -0.2) is 31.2 Å². The van der Waals surface area contributed by atoms with E-state index in [1.807, 2.05) is 13.0 Å². The molecule has 0 saturated heterocycles. The Labute approximate surface area is 76.2 Å². The zero-order chi connectivity index (χ0) is 9.40. The van der Waals surface area contributed by atoms with Crippen molar-refractivity contribution in [3.05, 3.63) is 12.3 Å². The van der Waals surface area contributed by atoms with Gasteiger partial charge in [-0.05, 0) is 26.5 Å². The van der Waals surface area contributed by atoms with Gasteiger partial charge < -0.3 is 9.64 Å². The fourth-order valence-electron chi connectivity index (χ4n) is 0.845. The number of hydrogen-bond acceptors (Lipinski definition) is 2. The normalized spacial score (nSPS) is 13.7. The Hall–Kier alpha value is -0.500. The van der Waals surface area contributed by atoms with Gasteiger partial charge in [-0.1, -0.05) is 13.0 Å². The highest BCUT2D eigenvalue weighted by Gasteiger charge is 1.97. The van der Waals surface area contributed by atoms with E-state index in [1.54, 1.807) is 0 Å². The number of nitrogens with zero attached hydrogens (tertiary/aromatic N) is 1. The number of ether oxygens (including phenoxy) is 1. The maximum atomic E-state index is 5.53. The van der Waals surface area contributed by atoms with Gasteiger partial charge in [0.25, 0.3) is 0 Å². The van der Waals surface area contributed by atoms with Crippen molar-refractivity contribution in [3.8, 4) is 0 Å². The van der Waals surface area contributed by atoms with Gasteiger partial charge in [-0.2, -0.15) is 0 Å². The van der Waals surface area contributed by atoms with Crippen LogP contribution in [-0.2, 0) is 4.74 Å². The van der Waals surface area contributed by atoms with Crippen LogP contribution in [0.15, 0.2) is 12.3 Å². The molecule has 0 aromatic carbocycles. The minimum atomic E-state index is 0.393. The number of allylic oxidation sites excluding steroid dienone is 1. The molecule has 0 fully saturated rings. The van der Waals surface area contributed by atoms with Crippen molar-refractivity contribution in [3.63, 3.8) is 0 Å². The van der Waals surface area contributed by atoms with Gasteiger partial charge in [-0.3, -0.25) is 0 Å². The van der Waals surface area contributed by atoms with E-state index in [0.29, 0.717) is 6.10 Å². The number of rotatable bonds is 6. The molecular formula is C10H21NO. The molecule has 0 bridgehead atoms. The maximum Gasteiger partial charge on any atom is 0.0644 e. The zero-order valence-corrected chi connectivity index (χ0v) is 8.71. The summed E-state index contributed by atoms with van der Waals surface area (Å²) in [5, 5.41) is 0. The van der Waals surface area contributed by atoms with E-state index < -0.39 is 0 Å². The molecule has 72 valence electrons. The van der Waals surface area contributed by atoms with E-state index in [-0.39, 0.29) is 0 Å². The third-order valence-corrected chi connectivity index (χ3v) is 1.82. The van der Waals surface area contributed by atoms with Gasteiger partial charge in [-0.25, -0.2) is 0 Å². The predicted molar refractivity (Wildman–Crippen MR) is 53.1 cm³/mol. The molecule has 2 nitrogen and oxygen atoms in total. The van der Waals surface area contributed by atoms with Crippen LogP contribution in [0.2, 0.25) is 0 Å². The Morgan fingerprint density at radius 3 is 2.67 bits per heavy atom. The Kier molecular flexibility index (Phi) is 6.87. The summed E-state index contributed by atoms with van der Waals surface area (Å²) in [7, 11) is 2.06. The molecule has 0 spiro atoms. The summed E-state index contributed by atoms with van der Waals surface area (Å²) in [4.78, 5) is 2.13. The summed E-state index contributed by atoms with van der Waals surface area (Å²) in [6.07, 6.45) is 5.57. The van der Waals surface area contributed by atoms with Crippen molar-refractivity contribution >= 4 is 0 Å². The van der Waals surface area contributed by atoms with Crippen LogP contribution in [0, 0.1) is 0 Å². The zero-order valence-electron chi connectivity index (χ0n) is 8.71. The molecule has 2 heteroatoms. The highest BCUT2D eigenvalue weighted by Crippen LogP contribution is 1.95. The lowest BCUT2D eigenvalue weighted by atomic mass is 10.3. The molecule has 12 heavy (non-hydrogen) atoms. The fourth-order valence-corrected chi connectivity index (χ4v) is 0.845. The van der Waals surface area contributed by atoms with Gasteiger partial charge in [0, 0.05) is 13.6 Å². The molecule has 0 aliphatic rings. The van der Waals surface area contributed by atoms with Crippen LogP contribution in [0.25, 0.3) is 0 Å². The summed E-state index contributed by atoms with van der Waals surface area (Å²) < 4.78 is 5.53. The molecule has 0 saturated carbocycles. The monoisotopic (exact) mass is 171 g/mol. The van der Waals surface area contributed by atoms with Gasteiger partial charge in [-0.15, -0.1) is 0 Å². The van der Waals surface area contributed by atoms with Crippen molar-refractivity contribution in [1.82, 2.24) is 4.90 Å². The lowest BCUT2D eigenvalue weighted by Crippen LogP contribution is -2.20. The van der Waals surface area contributed by atoms with Crippen molar-refractivity contribution in [1.29, 1.82) is 0 Å². The Bertz CT molecular complexity index is 123. The summed E-state index contributed by atoms with van der Waals surface area (Å²) in [5.74, 6) is 0. The summed E-state index contributed by atoms with van der Waals surface area (Å²) in [6.45, 7) is 8.05. The number of hydrogen-bond donors (Lipinski definition) is 0. The second-order valence-corrected chi connectivity index (χ2v) is 3.05. The van der Waals surface area contributed by atoms with Crippen LogP contribution >= 0.6 is 0 Å². The van der Waals surface area contributed by atoms with Crippen LogP contribution in [0.4, 0.5) is 0 Å². The standard InChI is InChI=1S/C10H21NO/c1-5-7-11(4)8-9-12-10(3)6-2/h5,7,10H,6,8-9H2,1-4H3. The largest absolute Gasteiger partial charge is 0.378 e. The van der Waals surface area contributed by atoms with E-state index in [4.69, 9.17) is 4.74 Å². The van der Waals surface area contributed by atoms with E-state index in [2.05, 4.69) is 32.0 Å². The molecule has 0 heterocycles.